The Labute approximate surface area is 102 Å². The molecule has 0 atom stereocenters. The highest BCUT2D eigenvalue weighted by molar-refractivity contribution is 5.95. The maximum atomic E-state index is 13.4. The third-order valence-electron chi connectivity index (χ3n) is 2.35. The molecule has 92 valence electrons. The van der Waals surface area contributed by atoms with E-state index in [0.717, 1.165) is 6.07 Å². The summed E-state index contributed by atoms with van der Waals surface area (Å²) in [6.45, 7) is 0. The SMILES string of the molecule is O=C(O)c1c(F)cccc1Nc1ccc(F)cc1. The van der Waals surface area contributed by atoms with E-state index >= 15 is 0 Å². The van der Waals surface area contributed by atoms with Crippen LogP contribution < -0.4 is 5.32 Å². The van der Waals surface area contributed by atoms with Crippen LogP contribution in [0, 0.1) is 11.6 Å². The number of nitrogens with one attached hydrogen (secondary N) is 1. The molecule has 0 spiro atoms. The van der Waals surface area contributed by atoms with E-state index in [9.17, 15) is 13.6 Å². The monoisotopic (exact) mass is 249 g/mol. The van der Waals surface area contributed by atoms with Gasteiger partial charge in [-0.2, -0.15) is 0 Å². The molecule has 0 aliphatic rings. The van der Waals surface area contributed by atoms with Gasteiger partial charge in [0.15, 0.2) is 0 Å². The maximum Gasteiger partial charge on any atom is 0.340 e. The first-order chi connectivity index (χ1) is 8.58. The highest BCUT2D eigenvalue weighted by Gasteiger charge is 2.15. The van der Waals surface area contributed by atoms with E-state index in [2.05, 4.69) is 5.32 Å². The quantitative estimate of drug-likeness (QED) is 0.876. The molecule has 2 rings (SSSR count). The van der Waals surface area contributed by atoms with Gasteiger partial charge in [-0.05, 0) is 36.4 Å². The minimum absolute atomic E-state index is 0.120. The Morgan fingerprint density at radius 3 is 2.33 bits per heavy atom. The fourth-order valence-corrected chi connectivity index (χ4v) is 1.53. The molecule has 0 aromatic heterocycles. The van der Waals surface area contributed by atoms with E-state index in [-0.39, 0.29) is 5.69 Å². The largest absolute Gasteiger partial charge is 0.478 e. The first kappa shape index (κ1) is 12.0. The van der Waals surface area contributed by atoms with Gasteiger partial charge in [0.25, 0.3) is 0 Å². The standard InChI is InChI=1S/C13H9F2NO2/c14-8-4-6-9(7-5-8)16-11-3-1-2-10(15)12(11)13(17)18/h1-7,16H,(H,17,18). The summed E-state index contributed by atoms with van der Waals surface area (Å²) in [6.07, 6.45) is 0. The predicted molar refractivity (Wildman–Crippen MR) is 63.0 cm³/mol. The Hall–Kier alpha value is -2.43. The molecule has 0 aliphatic heterocycles. The van der Waals surface area contributed by atoms with Crippen molar-refractivity contribution >= 4 is 17.3 Å². The number of carboxylic acids is 1. The molecular formula is C13H9F2NO2. The second-order valence-corrected chi connectivity index (χ2v) is 3.60. The number of carbonyl (C=O) groups is 1. The molecule has 0 unspecified atom stereocenters. The van der Waals surface area contributed by atoms with E-state index in [4.69, 9.17) is 5.11 Å². The molecular weight excluding hydrogens is 240 g/mol. The zero-order chi connectivity index (χ0) is 13.1. The Morgan fingerprint density at radius 2 is 1.72 bits per heavy atom. The van der Waals surface area contributed by atoms with Gasteiger partial charge in [-0.15, -0.1) is 0 Å². The van der Waals surface area contributed by atoms with Crippen molar-refractivity contribution in [3.8, 4) is 0 Å². The van der Waals surface area contributed by atoms with Crippen molar-refractivity contribution in [3.63, 3.8) is 0 Å². The minimum Gasteiger partial charge on any atom is -0.478 e. The van der Waals surface area contributed by atoms with Gasteiger partial charge >= 0.3 is 5.97 Å². The van der Waals surface area contributed by atoms with Crippen LogP contribution in [0.4, 0.5) is 20.2 Å². The van der Waals surface area contributed by atoms with E-state index in [1.54, 1.807) is 0 Å². The average Bonchev–Trinajstić information content (AvgIpc) is 2.32. The van der Waals surface area contributed by atoms with Crippen molar-refractivity contribution in [3.05, 3.63) is 59.7 Å². The van der Waals surface area contributed by atoms with E-state index in [1.807, 2.05) is 0 Å². The van der Waals surface area contributed by atoms with Crippen molar-refractivity contribution in [1.29, 1.82) is 0 Å². The molecule has 2 N–H and O–H groups in total. The van der Waals surface area contributed by atoms with E-state index in [1.165, 1.54) is 36.4 Å². The van der Waals surface area contributed by atoms with Crippen LogP contribution in [0.25, 0.3) is 0 Å². The first-order valence-electron chi connectivity index (χ1n) is 5.12. The average molecular weight is 249 g/mol. The number of benzene rings is 2. The smallest absolute Gasteiger partial charge is 0.340 e. The van der Waals surface area contributed by atoms with Gasteiger partial charge in [-0.25, -0.2) is 13.6 Å². The summed E-state index contributed by atoms with van der Waals surface area (Å²) in [6, 6.07) is 9.23. The molecule has 0 amide bonds. The Balaban J connectivity index is 2.37. The topological polar surface area (TPSA) is 49.3 Å². The van der Waals surface area contributed by atoms with Gasteiger partial charge in [0.2, 0.25) is 0 Å². The van der Waals surface area contributed by atoms with Crippen LogP contribution in [0.2, 0.25) is 0 Å². The zero-order valence-electron chi connectivity index (χ0n) is 9.15. The van der Waals surface area contributed by atoms with Crippen molar-refractivity contribution < 1.29 is 18.7 Å². The van der Waals surface area contributed by atoms with Crippen LogP contribution >= 0.6 is 0 Å². The molecule has 0 saturated carbocycles. The summed E-state index contributed by atoms with van der Waals surface area (Å²) in [4.78, 5) is 10.9. The molecule has 5 heteroatoms. The van der Waals surface area contributed by atoms with Crippen molar-refractivity contribution in [2.45, 2.75) is 0 Å². The molecule has 0 aliphatic carbocycles. The van der Waals surface area contributed by atoms with Gasteiger partial charge in [-0.1, -0.05) is 6.07 Å². The van der Waals surface area contributed by atoms with Gasteiger partial charge in [0.05, 0.1) is 5.69 Å². The molecule has 2 aromatic carbocycles. The molecule has 2 aromatic rings. The Bertz CT molecular complexity index is 582. The van der Waals surface area contributed by atoms with Gasteiger partial charge in [0, 0.05) is 5.69 Å². The molecule has 18 heavy (non-hydrogen) atoms. The van der Waals surface area contributed by atoms with Gasteiger partial charge in [-0.3, -0.25) is 0 Å². The molecule has 0 bridgehead atoms. The fourth-order valence-electron chi connectivity index (χ4n) is 1.53. The minimum atomic E-state index is -1.36. The lowest BCUT2D eigenvalue weighted by atomic mass is 10.1. The fraction of sp³-hybridized carbons (Fsp3) is 0. The van der Waals surface area contributed by atoms with Crippen molar-refractivity contribution in [2.75, 3.05) is 5.32 Å². The lowest BCUT2D eigenvalue weighted by molar-refractivity contribution is 0.0693. The number of hydrogen-bond donors (Lipinski definition) is 2. The zero-order valence-corrected chi connectivity index (χ0v) is 9.15. The Kier molecular flexibility index (Phi) is 3.23. The second-order valence-electron chi connectivity index (χ2n) is 3.60. The van der Waals surface area contributed by atoms with Crippen molar-refractivity contribution in [1.82, 2.24) is 0 Å². The first-order valence-corrected chi connectivity index (χ1v) is 5.12. The summed E-state index contributed by atoms with van der Waals surface area (Å²) < 4.78 is 26.1. The van der Waals surface area contributed by atoms with Crippen LogP contribution in [-0.4, -0.2) is 11.1 Å². The van der Waals surface area contributed by atoms with E-state index < -0.39 is 23.2 Å². The van der Waals surface area contributed by atoms with Crippen LogP contribution in [0.15, 0.2) is 42.5 Å². The Morgan fingerprint density at radius 1 is 1.06 bits per heavy atom. The summed E-state index contributed by atoms with van der Waals surface area (Å²) >= 11 is 0. The number of carboxylic acid groups (broad SMARTS) is 1. The third-order valence-corrected chi connectivity index (χ3v) is 2.35. The second kappa shape index (κ2) is 4.83. The summed E-state index contributed by atoms with van der Waals surface area (Å²) in [5.74, 6) is -2.59. The molecule has 3 nitrogen and oxygen atoms in total. The third kappa shape index (κ3) is 2.45. The number of hydrogen-bond acceptors (Lipinski definition) is 2. The van der Waals surface area contributed by atoms with Gasteiger partial charge < -0.3 is 10.4 Å². The normalized spacial score (nSPS) is 10.1. The highest BCUT2D eigenvalue weighted by atomic mass is 19.1. The van der Waals surface area contributed by atoms with Crippen LogP contribution in [0.3, 0.4) is 0 Å². The molecule has 0 heterocycles. The summed E-state index contributed by atoms with van der Waals surface area (Å²) in [5.41, 5.74) is 0.153. The summed E-state index contributed by atoms with van der Waals surface area (Å²) in [5, 5.41) is 11.7. The van der Waals surface area contributed by atoms with Crippen LogP contribution in [0.1, 0.15) is 10.4 Å². The number of halogens is 2. The van der Waals surface area contributed by atoms with E-state index in [0.29, 0.717) is 5.69 Å². The lowest BCUT2D eigenvalue weighted by Crippen LogP contribution is -2.05. The highest BCUT2D eigenvalue weighted by Crippen LogP contribution is 2.23. The number of anilines is 2. The number of aromatic carboxylic acids is 1. The van der Waals surface area contributed by atoms with Crippen LogP contribution in [0.5, 0.6) is 0 Å². The molecule has 0 fully saturated rings. The maximum absolute atomic E-state index is 13.4. The van der Waals surface area contributed by atoms with Crippen LogP contribution in [-0.2, 0) is 0 Å². The van der Waals surface area contributed by atoms with Gasteiger partial charge in [0.1, 0.15) is 17.2 Å². The lowest BCUT2D eigenvalue weighted by Gasteiger charge is -2.10. The number of rotatable bonds is 3. The molecule has 0 saturated heterocycles. The summed E-state index contributed by atoms with van der Waals surface area (Å²) in [7, 11) is 0. The molecule has 0 radical (unpaired) electrons. The van der Waals surface area contributed by atoms with Crippen molar-refractivity contribution in [2.24, 2.45) is 0 Å². The predicted octanol–water partition coefficient (Wildman–Crippen LogP) is 3.41.